The van der Waals surface area contributed by atoms with Crippen molar-refractivity contribution in [3.05, 3.63) is 0 Å². The van der Waals surface area contributed by atoms with Crippen molar-refractivity contribution in [1.29, 1.82) is 0 Å². The fourth-order valence-corrected chi connectivity index (χ4v) is 1.03. The SMILES string of the molecule is CCNC(O)(NCC)C(C)(C)N. The summed E-state index contributed by atoms with van der Waals surface area (Å²) in [6.07, 6.45) is 0. The summed E-state index contributed by atoms with van der Waals surface area (Å²) in [5, 5.41) is 15.8. The van der Waals surface area contributed by atoms with Gasteiger partial charge in [0.2, 0.25) is 0 Å². The van der Waals surface area contributed by atoms with E-state index >= 15 is 0 Å². The fourth-order valence-electron chi connectivity index (χ4n) is 1.03. The van der Waals surface area contributed by atoms with Gasteiger partial charge in [-0.25, -0.2) is 0 Å². The lowest BCUT2D eigenvalue weighted by Crippen LogP contribution is -2.72. The van der Waals surface area contributed by atoms with E-state index < -0.39 is 11.4 Å². The van der Waals surface area contributed by atoms with E-state index in [0.717, 1.165) is 0 Å². The molecule has 0 aliphatic heterocycles. The van der Waals surface area contributed by atoms with Crippen LogP contribution in [0.4, 0.5) is 0 Å². The molecular weight excluding hydrogens is 154 g/mol. The van der Waals surface area contributed by atoms with Crippen LogP contribution in [0.25, 0.3) is 0 Å². The van der Waals surface area contributed by atoms with Crippen LogP contribution >= 0.6 is 0 Å². The summed E-state index contributed by atoms with van der Waals surface area (Å²) in [6, 6.07) is 0. The fraction of sp³-hybridized carbons (Fsp3) is 1.00. The van der Waals surface area contributed by atoms with Crippen molar-refractivity contribution in [2.24, 2.45) is 5.73 Å². The zero-order chi connectivity index (χ0) is 9.83. The normalized spacial score (nSPS) is 13.5. The standard InChI is InChI=1S/C8H21N3O/c1-5-10-8(12,11-6-2)7(3,4)9/h10-12H,5-6,9H2,1-4H3. The third kappa shape index (κ3) is 2.71. The molecule has 0 spiro atoms. The predicted molar refractivity (Wildman–Crippen MR) is 50.6 cm³/mol. The van der Waals surface area contributed by atoms with Gasteiger partial charge in [-0.05, 0) is 26.9 Å². The third-order valence-electron chi connectivity index (χ3n) is 1.80. The van der Waals surface area contributed by atoms with Crippen LogP contribution in [0, 0.1) is 0 Å². The lowest BCUT2D eigenvalue weighted by atomic mass is 9.99. The molecule has 0 saturated heterocycles. The van der Waals surface area contributed by atoms with Crippen LogP contribution in [0.5, 0.6) is 0 Å². The highest BCUT2D eigenvalue weighted by Gasteiger charge is 2.39. The maximum Gasteiger partial charge on any atom is 0.190 e. The summed E-state index contributed by atoms with van der Waals surface area (Å²) in [4.78, 5) is 0. The quantitative estimate of drug-likeness (QED) is 0.429. The molecule has 0 bridgehead atoms. The van der Waals surface area contributed by atoms with Crippen molar-refractivity contribution in [2.75, 3.05) is 13.1 Å². The Morgan fingerprint density at radius 3 is 1.67 bits per heavy atom. The zero-order valence-corrected chi connectivity index (χ0v) is 8.44. The highest BCUT2D eigenvalue weighted by molar-refractivity contribution is 4.92. The van der Waals surface area contributed by atoms with E-state index in [1.807, 2.05) is 13.8 Å². The smallest absolute Gasteiger partial charge is 0.190 e. The Bertz CT molecular complexity index is 125. The summed E-state index contributed by atoms with van der Waals surface area (Å²) in [6.45, 7) is 8.74. The first-order valence-electron chi connectivity index (χ1n) is 4.38. The van der Waals surface area contributed by atoms with Crippen molar-refractivity contribution in [3.63, 3.8) is 0 Å². The van der Waals surface area contributed by atoms with Crippen LogP contribution in [0.1, 0.15) is 27.7 Å². The number of likely N-dealkylation sites (N-methyl/N-ethyl adjacent to an activating group) is 2. The molecule has 0 rings (SSSR count). The predicted octanol–water partition coefficient (Wildman–Crippen LogP) is -0.411. The summed E-state index contributed by atoms with van der Waals surface area (Å²) < 4.78 is 0. The van der Waals surface area contributed by atoms with E-state index in [9.17, 15) is 5.11 Å². The Morgan fingerprint density at radius 1 is 1.17 bits per heavy atom. The van der Waals surface area contributed by atoms with Crippen LogP contribution < -0.4 is 16.4 Å². The summed E-state index contributed by atoms with van der Waals surface area (Å²) in [5.41, 5.74) is 5.10. The van der Waals surface area contributed by atoms with Gasteiger partial charge in [0.15, 0.2) is 5.85 Å². The van der Waals surface area contributed by atoms with Crippen molar-refractivity contribution in [1.82, 2.24) is 10.6 Å². The van der Waals surface area contributed by atoms with Gasteiger partial charge in [0.25, 0.3) is 0 Å². The van der Waals surface area contributed by atoms with Gasteiger partial charge >= 0.3 is 0 Å². The van der Waals surface area contributed by atoms with Gasteiger partial charge in [0, 0.05) is 0 Å². The summed E-state index contributed by atoms with van der Waals surface area (Å²) in [5.74, 6) is -1.18. The average Bonchev–Trinajstić information content (AvgIpc) is 1.86. The maximum absolute atomic E-state index is 10.0. The van der Waals surface area contributed by atoms with Gasteiger partial charge < -0.3 is 10.8 Å². The Morgan fingerprint density at radius 2 is 1.50 bits per heavy atom. The highest BCUT2D eigenvalue weighted by Crippen LogP contribution is 2.12. The van der Waals surface area contributed by atoms with E-state index in [0.29, 0.717) is 13.1 Å². The Kier molecular flexibility index (Phi) is 4.13. The minimum atomic E-state index is -1.18. The minimum Gasteiger partial charge on any atom is -0.361 e. The Hall–Kier alpha value is -0.160. The Labute approximate surface area is 74.5 Å². The van der Waals surface area contributed by atoms with E-state index in [2.05, 4.69) is 10.6 Å². The molecule has 0 aromatic heterocycles. The number of rotatable bonds is 5. The van der Waals surface area contributed by atoms with Gasteiger partial charge in [-0.1, -0.05) is 13.8 Å². The molecule has 0 atom stereocenters. The van der Waals surface area contributed by atoms with E-state index in [1.54, 1.807) is 13.8 Å². The molecule has 0 fully saturated rings. The molecule has 4 nitrogen and oxygen atoms in total. The van der Waals surface area contributed by atoms with Crippen molar-refractivity contribution in [3.8, 4) is 0 Å². The molecule has 0 aliphatic rings. The lowest BCUT2D eigenvalue weighted by Gasteiger charge is -2.40. The van der Waals surface area contributed by atoms with Gasteiger partial charge in [-0.3, -0.25) is 10.6 Å². The van der Waals surface area contributed by atoms with Gasteiger partial charge in [-0.15, -0.1) is 0 Å². The first-order valence-corrected chi connectivity index (χ1v) is 4.38. The first kappa shape index (κ1) is 11.8. The monoisotopic (exact) mass is 175 g/mol. The van der Waals surface area contributed by atoms with Gasteiger partial charge in [-0.2, -0.15) is 0 Å². The summed E-state index contributed by atoms with van der Waals surface area (Å²) in [7, 11) is 0. The molecule has 5 N–H and O–H groups in total. The number of nitrogens with two attached hydrogens (primary N) is 1. The second-order valence-electron chi connectivity index (χ2n) is 3.49. The third-order valence-corrected chi connectivity index (χ3v) is 1.80. The lowest BCUT2D eigenvalue weighted by molar-refractivity contribution is -0.0791. The second-order valence-corrected chi connectivity index (χ2v) is 3.49. The van der Waals surface area contributed by atoms with E-state index in [-0.39, 0.29) is 0 Å². The first-order chi connectivity index (χ1) is 5.37. The maximum atomic E-state index is 10.0. The Balaban J connectivity index is 4.38. The molecule has 12 heavy (non-hydrogen) atoms. The van der Waals surface area contributed by atoms with Crippen LogP contribution in [-0.2, 0) is 0 Å². The molecule has 0 heterocycles. The molecule has 0 aromatic carbocycles. The van der Waals surface area contributed by atoms with Crippen molar-refractivity contribution < 1.29 is 5.11 Å². The minimum absolute atomic E-state index is 0.671. The molecule has 0 amide bonds. The van der Waals surface area contributed by atoms with Gasteiger partial charge in [0.1, 0.15) is 0 Å². The molecule has 0 aliphatic carbocycles. The average molecular weight is 175 g/mol. The van der Waals surface area contributed by atoms with E-state index in [1.165, 1.54) is 0 Å². The highest BCUT2D eigenvalue weighted by atomic mass is 16.3. The van der Waals surface area contributed by atoms with Crippen molar-refractivity contribution >= 4 is 0 Å². The molecule has 0 unspecified atom stereocenters. The zero-order valence-electron chi connectivity index (χ0n) is 8.44. The van der Waals surface area contributed by atoms with Crippen molar-refractivity contribution in [2.45, 2.75) is 39.1 Å². The molecule has 0 radical (unpaired) electrons. The summed E-state index contributed by atoms with van der Waals surface area (Å²) >= 11 is 0. The molecule has 0 saturated carbocycles. The molecule has 4 heteroatoms. The largest absolute Gasteiger partial charge is 0.361 e. The number of hydrogen-bond donors (Lipinski definition) is 4. The van der Waals surface area contributed by atoms with Crippen LogP contribution in [0.15, 0.2) is 0 Å². The molecule has 74 valence electrons. The number of hydrogen-bond acceptors (Lipinski definition) is 4. The molecule has 0 aromatic rings. The second kappa shape index (κ2) is 4.18. The molecular formula is C8H21N3O. The van der Waals surface area contributed by atoms with Crippen LogP contribution in [0.3, 0.4) is 0 Å². The van der Waals surface area contributed by atoms with E-state index in [4.69, 9.17) is 5.73 Å². The topological polar surface area (TPSA) is 70.3 Å². The number of nitrogens with one attached hydrogen (secondary N) is 2. The van der Waals surface area contributed by atoms with Crippen LogP contribution in [0.2, 0.25) is 0 Å². The van der Waals surface area contributed by atoms with Crippen LogP contribution in [-0.4, -0.2) is 29.6 Å². The van der Waals surface area contributed by atoms with Gasteiger partial charge in [0.05, 0.1) is 5.54 Å². The number of aliphatic hydroxyl groups is 1.